The van der Waals surface area contributed by atoms with Crippen molar-refractivity contribution in [3.63, 3.8) is 0 Å². The number of aromatic hydroxyl groups is 1. The Morgan fingerprint density at radius 1 is 1.17 bits per heavy atom. The van der Waals surface area contributed by atoms with Crippen LogP contribution in [0.15, 0.2) is 61.1 Å². The van der Waals surface area contributed by atoms with Gasteiger partial charge in [-0.25, -0.2) is 9.67 Å². The van der Waals surface area contributed by atoms with E-state index in [1.807, 2.05) is 36.5 Å². The summed E-state index contributed by atoms with van der Waals surface area (Å²) in [5.41, 5.74) is 1.94. The SMILES string of the molecule is O=C(CCc1cnn(-c2ccccc2)c1)Nc1ncccc1O. The normalized spacial score (nSPS) is 10.4. The van der Waals surface area contributed by atoms with E-state index < -0.39 is 0 Å². The van der Waals surface area contributed by atoms with Gasteiger partial charge in [-0.3, -0.25) is 4.79 Å². The lowest BCUT2D eigenvalue weighted by Crippen LogP contribution is -2.13. The zero-order valence-corrected chi connectivity index (χ0v) is 12.4. The minimum atomic E-state index is -0.202. The summed E-state index contributed by atoms with van der Waals surface area (Å²) in [5.74, 6) is -0.0679. The van der Waals surface area contributed by atoms with Crippen LogP contribution in [0.1, 0.15) is 12.0 Å². The van der Waals surface area contributed by atoms with Crippen molar-refractivity contribution in [2.75, 3.05) is 5.32 Å². The highest BCUT2D eigenvalue weighted by Gasteiger charge is 2.08. The van der Waals surface area contributed by atoms with Gasteiger partial charge in [-0.05, 0) is 36.2 Å². The summed E-state index contributed by atoms with van der Waals surface area (Å²) < 4.78 is 1.78. The molecule has 0 bridgehead atoms. The van der Waals surface area contributed by atoms with E-state index in [1.165, 1.54) is 12.3 Å². The fourth-order valence-electron chi connectivity index (χ4n) is 2.16. The highest BCUT2D eigenvalue weighted by atomic mass is 16.3. The van der Waals surface area contributed by atoms with Crippen molar-refractivity contribution in [1.29, 1.82) is 0 Å². The zero-order valence-electron chi connectivity index (χ0n) is 12.4. The fourth-order valence-corrected chi connectivity index (χ4v) is 2.16. The van der Waals surface area contributed by atoms with E-state index in [0.29, 0.717) is 6.42 Å². The fraction of sp³-hybridized carbons (Fsp3) is 0.118. The topological polar surface area (TPSA) is 80.0 Å². The van der Waals surface area contributed by atoms with E-state index in [2.05, 4.69) is 15.4 Å². The van der Waals surface area contributed by atoms with E-state index in [4.69, 9.17) is 0 Å². The van der Waals surface area contributed by atoms with E-state index in [0.717, 1.165) is 11.3 Å². The third-order valence-corrected chi connectivity index (χ3v) is 3.34. The third-order valence-electron chi connectivity index (χ3n) is 3.34. The molecule has 0 aliphatic carbocycles. The molecule has 2 heterocycles. The van der Waals surface area contributed by atoms with Crippen molar-refractivity contribution in [2.24, 2.45) is 0 Å². The molecule has 3 rings (SSSR count). The van der Waals surface area contributed by atoms with Gasteiger partial charge in [0.15, 0.2) is 11.6 Å². The number of hydrogen-bond donors (Lipinski definition) is 2. The Hall–Kier alpha value is -3.15. The molecule has 116 valence electrons. The number of amides is 1. The van der Waals surface area contributed by atoms with Gasteiger partial charge in [0, 0.05) is 18.8 Å². The summed E-state index contributed by atoms with van der Waals surface area (Å²) in [4.78, 5) is 15.8. The number of anilines is 1. The molecule has 6 heteroatoms. The zero-order chi connectivity index (χ0) is 16.1. The van der Waals surface area contributed by atoms with Crippen LogP contribution in [0, 0.1) is 0 Å². The first-order valence-corrected chi connectivity index (χ1v) is 7.25. The van der Waals surface area contributed by atoms with E-state index >= 15 is 0 Å². The van der Waals surface area contributed by atoms with Crippen molar-refractivity contribution >= 4 is 11.7 Å². The molecule has 0 fully saturated rings. The minimum absolute atomic E-state index is 0.0438. The van der Waals surface area contributed by atoms with E-state index in [9.17, 15) is 9.90 Å². The molecule has 2 N–H and O–H groups in total. The number of carbonyl (C=O) groups excluding carboxylic acids is 1. The monoisotopic (exact) mass is 308 g/mol. The smallest absolute Gasteiger partial charge is 0.225 e. The summed E-state index contributed by atoms with van der Waals surface area (Å²) >= 11 is 0. The Labute approximate surface area is 133 Å². The highest BCUT2D eigenvalue weighted by Crippen LogP contribution is 2.18. The maximum atomic E-state index is 11.9. The number of aromatic nitrogens is 3. The number of hydrogen-bond acceptors (Lipinski definition) is 4. The van der Waals surface area contributed by atoms with Crippen LogP contribution in [0.4, 0.5) is 5.82 Å². The third kappa shape index (κ3) is 3.74. The minimum Gasteiger partial charge on any atom is -0.504 e. The van der Waals surface area contributed by atoms with Crippen LogP contribution in [-0.4, -0.2) is 25.8 Å². The first-order valence-electron chi connectivity index (χ1n) is 7.25. The van der Waals surface area contributed by atoms with Crippen molar-refractivity contribution in [1.82, 2.24) is 14.8 Å². The molecule has 0 saturated heterocycles. The van der Waals surface area contributed by atoms with Gasteiger partial charge in [-0.2, -0.15) is 5.10 Å². The van der Waals surface area contributed by atoms with Gasteiger partial charge in [0.05, 0.1) is 11.9 Å². The summed E-state index contributed by atoms with van der Waals surface area (Å²) in [6.07, 6.45) is 6.02. The molecule has 0 unspecified atom stereocenters. The maximum Gasteiger partial charge on any atom is 0.225 e. The molecule has 3 aromatic rings. The Morgan fingerprint density at radius 2 is 2.00 bits per heavy atom. The second-order valence-corrected chi connectivity index (χ2v) is 5.05. The summed E-state index contributed by atoms with van der Waals surface area (Å²) in [6.45, 7) is 0. The average molecular weight is 308 g/mol. The average Bonchev–Trinajstić information content (AvgIpc) is 3.05. The number of rotatable bonds is 5. The number of pyridine rings is 1. The highest BCUT2D eigenvalue weighted by molar-refractivity contribution is 5.91. The molecular weight excluding hydrogens is 292 g/mol. The number of para-hydroxylation sites is 1. The van der Waals surface area contributed by atoms with Gasteiger partial charge in [0.1, 0.15) is 0 Å². The number of benzene rings is 1. The summed E-state index contributed by atoms with van der Waals surface area (Å²) in [5, 5.41) is 16.5. The Morgan fingerprint density at radius 3 is 2.78 bits per heavy atom. The van der Waals surface area contributed by atoms with E-state index in [1.54, 1.807) is 16.9 Å². The predicted molar refractivity (Wildman–Crippen MR) is 86.4 cm³/mol. The second kappa shape index (κ2) is 6.74. The second-order valence-electron chi connectivity index (χ2n) is 5.05. The van der Waals surface area contributed by atoms with Crippen LogP contribution >= 0.6 is 0 Å². The number of nitrogens with zero attached hydrogens (tertiary/aromatic N) is 3. The Kier molecular flexibility index (Phi) is 4.33. The number of nitrogens with one attached hydrogen (secondary N) is 1. The van der Waals surface area contributed by atoms with Crippen LogP contribution < -0.4 is 5.32 Å². The lowest BCUT2D eigenvalue weighted by atomic mass is 10.2. The van der Waals surface area contributed by atoms with Crippen molar-refractivity contribution in [3.05, 3.63) is 66.6 Å². The van der Waals surface area contributed by atoms with Gasteiger partial charge in [-0.1, -0.05) is 18.2 Å². The van der Waals surface area contributed by atoms with Gasteiger partial charge in [0.2, 0.25) is 5.91 Å². The maximum absolute atomic E-state index is 11.9. The number of aryl methyl sites for hydroxylation is 1. The van der Waals surface area contributed by atoms with Gasteiger partial charge >= 0.3 is 0 Å². The molecule has 1 aromatic carbocycles. The predicted octanol–water partition coefficient (Wildman–Crippen LogP) is 2.54. The number of carbonyl (C=O) groups is 1. The molecular formula is C17H16N4O2. The van der Waals surface area contributed by atoms with Crippen LogP contribution in [0.5, 0.6) is 5.75 Å². The largest absolute Gasteiger partial charge is 0.504 e. The van der Waals surface area contributed by atoms with E-state index in [-0.39, 0.29) is 23.9 Å². The molecule has 0 spiro atoms. The lowest BCUT2D eigenvalue weighted by Gasteiger charge is -2.05. The summed E-state index contributed by atoms with van der Waals surface area (Å²) in [7, 11) is 0. The molecule has 23 heavy (non-hydrogen) atoms. The lowest BCUT2D eigenvalue weighted by molar-refractivity contribution is -0.116. The first kappa shape index (κ1) is 14.8. The van der Waals surface area contributed by atoms with Crippen LogP contribution in [0.3, 0.4) is 0 Å². The van der Waals surface area contributed by atoms with Gasteiger partial charge in [0.25, 0.3) is 0 Å². The van der Waals surface area contributed by atoms with Crippen LogP contribution in [0.2, 0.25) is 0 Å². The quantitative estimate of drug-likeness (QED) is 0.759. The molecule has 0 atom stereocenters. The standard InChI is InChI=1S/C17H16N4O2/c22-15-7-4-10-18-17(15)20-16(23)9-8-13-11-19-21(12-13)14-5-2-1-3-6-14/h1-7,10-12,22H,8-9H2,(H,18,20,23). The van der Waals surface area contributed by atoms with Crippen molar-refractivity contribution in [3.8, 4) is 11.4 Å². The molecule has 6 nitrogen and oxygen atoms in total. The molecule has 0 saturated carbocycles. The Bertz CT molecular complexity index is 799. The molecule has 0 radical (unpaired) electrons. The van der Waals surface area contributed by atoms with Gasteiger partial charge in [-0.15, -0.1) is 0 Å². The molecule has 1 amide bonds. The first-order chi connectivity index (χ1) is 11.2. The van der Waals surface area contributed by atoms with Gasteiger partial charge < -0.3 is 10.4 Å². The molecule has 0 aliphatic rings. The Balaban J connectivity index is 1.58. The molecule has 0 aliphatic heterocycles. The summed E-state index contributed by atoms with van der Waals surface area (Å²) in [6, 6.07) is 12.9. The van der Waals surface area contributed by atoms with Crippen molar-refractivity contribution in [2.45, 2.75) is 12.8 Å². The molecule has 2 aromatic heterocycles. The van der Waals surface area contributed by atoms with Crippen LogP contribution in [0.25, 0.3) is 5.69 Å². The van der Waals surface area contributed by atoms with Crippen molar-refractivity contribution < 1.29 is 9.90 Å². The van der Waals surface area contributed by atoms with Crippen LogP contribution in [-0.2, 0) is 11.2 Å².